The van der Waals surface area contributed by atoms with Gasteiger partial charge in [0.15, 0.2) is 0 Å². The van der Waals surface area contributed by atoms with Crippen molar-refractivity contribution in [2.75, 3.05) is 33.2 Å². The van der Waals surface area contributed by atoms with Crippen molar-refractivity contribution < 1.29 is 8.42 Å². The molecule has 1 N–H and O–H groups in total. The summed E-state index contributed by atoms with van der Waals surface area (Å²) in [6.07, 6.45) is 2.55. The molecule has 0 spiro atoms. The highest BCUT2D eigenvalue weighted by Gasteiger charge is 2.27. The normalized spacial score (nSPS) is 19.2. The topological polar surface area (TPSA) is 52.7 Å². The van der Waals surface area contributed by atoms with E-state index in [4.69, 9.17) is 0 Å². The van der Waals surface area contributed by atoms with Crippen LogP contribution in [0.5, 0.6) is 0 Å². The lowest BCUT2D eigenvalue weighted by molar-refractivity contribution is 0.220. The summed E-state index contributed by atoms with van der Waals surface area (Å²) in [5.74, 6) is 0. The van der Waals surface area contributed by atoms with Gasteiger partial charge in [0.05, 0.1) is 0 Å². The minimum atomic E-state index is -3.39. The average Bonchev–Trinajstić information content (AvgIpc) is 2.48. The van der Waals surface area contributed by atoms with Gasteiger partial charge in [-0.2, -0.15) is 17.4 Å². The Labute approximate surface area is 134 Å². The van der Waals surface area contributed by atoms with Gasteiger partial charge >= 0.3 is 0 Å². The molecule has 0 bridgehead atoms. The zero-order chi connectivity index (χ0) is 16.0. The second kappa shape index (κ2) is 8.06. The van der Waals surface area contributed by atoms with E-state index in [2.05, 4.69) is 16.5 Å². The zero-order valence-electron chi connectivity index (χ0n) is 13.5. The Balaban J connectivity index is 2.00. The summed E-state index contributed by atoms with van der Waals surface area (Å²) < 4.78 is 29.6. The first-order valence-corrected chi connectivity index (χ1v) is 9.45. The third-order valence-electron chi connectivity index (χ3n) is 4.08. The molecule has 1 aliphatic heterocycles. The Morgan fingerprint density at radius 3 is 2.36 bits per heavy atom. The summed E-state index contributed by atoms with van der Waals surface area (Å²) in [7, 11) is -1.37. The number of likely N-dealkylation sites (N-methyl/N-ethyl adjacent to an activating group) is 1. The van der Waals surface area contributed by atoms with Gasteiger partial charge in [-0.1, -0.05) is 43.7 Å². The molecular weight excluding hydrogens is 298 g/mol. The molecule has 1 aromatic rings. The fraction of sp³-hybridized carbons (Fsp3) is 0.625. The second-order valence-corrected chi connectivity index (χ2v) is 7.70. The van der Waals surface area contributed by atoms with Crippen molar-refractivity contribution in [3.63, 3.8) is 0 Å². The second-order valence-electron chi connectivity index (χ2n) is 6.00. The number of piperazine rings is 1. The van der Waals surface area contributed by atoms with E-state index in [9.17, 15) is 8.42 Å². The molecule has 1 heterocycles. The summed E-state index contributed by atoms with van der Waals surface area (Å²) in [4.78, 5) is 2.15. The summed E-state index contributed by atoms with van der Waals surface area (Å²) in [5, 5.41) is 0. The van der Waals surface area contributed by atoms with Gasteiger partial charge in [-0.3, -0.25) is 0 Å². The van der Waals surface area contributed by atoms with Crippen molar-refractivity contribution in [2.45, 2.75) is 32.2 Å². The molecule has 0 amide bonds. The van der Waals surface area contributed by atoms with E-state index in [-0.39, 0.29) is 6.04 Å². The first-order valence-electron chi connectivity index (χ1n) is 8.01. The van der Waals surface area contributed by atoms with Crippen LogP contribution in [0.25, 0.3) is 0 Å². The van der Waals surface area contributed by atoms with Crippen LogP contribution < -0.4 is 4.72 Å². The third kappa shape index (κ3) is 5.05. The molecule has 1 aliphatic rings. The number of hydrogen-bond donors (Lipinski definition) is 1. The van der Waals surface area contributed by atoms with Crippen molar-refractivity contribution in [1.82, 2.24) is 13.9 Å². The van der Waals surface area contributed by atoms with Gasteiger partial charge in [0.2, 0.25) is 0 Å². The SMILES string of the molecule is CCCC(Cc1ccccc1)NS(=O)(=O)N1CCN(C)CC1. The number of hydrogen-bond acceptors (Lipinski definition) is 3. The molecule has 0 aromatic heterocycles. The highest BCUT2D eigenvalue weighted by molar-refractivity contribution is 7.87. The molecular formula is C16H27N3O2S. The van der Waals surface area contributed by atoms with E-state index in [0.29, 0.717) is 13.1 Å². The van der Waals surface area contributed by atoms with Crippen LogP contribution in [0, 0.1) is 0 Å². The summed E-state index contributed by atoms with van der Waals surface area (Å²) in [6.45, 7) is 4.80. The average molecular weight is 325 g/mol. The van der Waals surface area contributed by atoms with Crippen molar-refractivity contribution in [1.29, 1.82) is 0 Å². The maximum Gasteiger partial charge on any atom is 0.279 e. The first-order chi connectivity index (χ1) is 10.5. The highest BCUT2D eigenvalue weighted by Crippen LogP contribution is 2.11. The molecule has 6 heteroatoms. The predicted octanol–water partition coefficient (Wildman–Crippen LogP) is 1.48. The minimum Gasteiger partial charge on any atom is -0.304 e. The fourth-order valence-corrected chi connectivity index (χ4v) is 4.18. The Bertz CT molecular complexity index is 540. The third-order valence-corrected chi connectivity index (χ3v) is 5.76. The van der Waals surface area contributed by atoms with Crippen LogP contribution in [0.3, 0.4) is 0 Å². The van der Waals surface area contributed by atoms with Crippen LogP contribution in [0.2, 0.25) is 0 Å². The number of nitrogens with zero attached hydrogens (tertiary/aromatic N) is 2. The van der Waals surface area contributed by atoms with Crippen LogP contribution in [0.4, 0.5) is 0 Å². The van der Waals surface area contributed by atoms with Gasteiger partial charge in [-0.25, -0.2) is 0 Å². The fourth-order valence-electron chi connectivity index (χ4n) is 2.76. The molecule has 0 aliphatic carbocycles. The van der Waals surface area contributed by atoms with Crippen molar-refractivity contribution >= 4 is 10.2 Å². The molecule has 1 aromatic carbocycles. The number of nitrogens with one attached hydrogen (secondary N) is 1. The summed E-state index contributed by atoms with van der Waals surface area (Å²) in [6, 6.07) is 10.0. The Morgan fingerprint density at radius 1 is 1.14 bits per heavy atom. The molecule has 5 nitrogen and oxygen atoms in total. The van der Waals surface area contributed by atoms with Gasteiger partial charge in [-0.05, 0) is 25.5 Å². The van der Waals surface area contributed by atoms with E-state index < -0.39 is 10.2 Å². The summed E-state index contributed by atoms with van der Waals surface area (Å²) in [5.41, 5.74) is 1.17. The molecule has 0 saturated carbocycles. The number of rotatable bonds is 7. The van der Waals surface area contributed by atoms with Gasteiger partial charge < -0.3 is 4.90 Å². The lowest BCUT2D eigenvalue weighted by Gasteiger charge is -2.32. The molecule has 1 unspecified atom stereocenters. The largest absolute Gasteiger partial charge is 0.304 e. The van der Waals surface area contributed by atoms with Gasteiger partial charge in [0.1, 0.15) is 0 Å². The van der Waals surface area contributed by atoms with E-state index >= 15 is 0 Å². The first kappa shape index (κ1) is 17.4. The smallest absolute Gasteiger partial charge is 0.279 e. The molecule has 2 rings (SSSR count). The van der Waals surface area contributed by atoms with E-state index in [0.717, 1.165) is 32.4 Å². The molecule has 124 valence electrons. The van der Waals surface area contributed by atoms with Gasteiger partial charge in [-0.15, -0.1) is 0 Å². The maximum absolute atomic E-state index is 12.6. The van der Waals surface area contributed by atoms with Gasteiger partial charge in [0, 0.05) is 32.2 Å². The monoisotopic (exact) mass is 325 g/mol. The molecule has 1 saturated heterocycles. The van der Waals surface area contributed by atoms with Crippen molar-refractivity contribution in [3.05, 3.63) is 35.9 Å². The van der Waals surface area contributed by atoms with Crippen LogP contribution in [-0.4, -0.2) is 56.9 Å². The van der Waals surface area contributed by atoms with Crippen LogP contribution >= 0.6 is 0 Å². The van der Waals surface area contributed by atoms with E-state index in [1.54, 1.807) is 4.31 Å². The van der Waals surface area contributed by atoms with Crippen molar-refractivity contribution in [2.24, 2.45) is 0 Å². The molecule has 22 heavy (non-hydrogen) atoms. The molecule has 1 fully saturated rings. The molecule has 1 atom stereocenters. The molecule has 0 radical (unpaired) electrons. The van der Waals surface area contributed by atoms with Crippen LogP contribution in [0.1, 0.15) is 25.3 Å². The predicted molar refractivity (Wildman–Crippen MR) is 90.0 cm³/mol. The Morgan fingerprint density at radius 2 is 1.77 bits per heavy atom. The van der Waals surface area contributed by atoms with E-state index in [1.165, 1.54) is 5.56 Å². The quantitative estimate of drug-likeness (QED) is 0.826. The summed E-state index contributed by atoms with van der Waals surface area (Å²) >= 11 is 0. The maximum atomic E-state index is 12.6. The van der Waals surface area contributed by atoms with Gasteiger partial charge in [0.25, 0.3) is 10.2 Å². The Hall–Kier alpha value is -0.950. The highest BCUT2D eigenvalue weighted by atomic mass is 32.2. The lowest BCUT2D eigenvalue weighted by Crippen LogP contribution is -2.53. The zero-order valence-corrected chi connectivity index (χ0v) is 14.3. The minimum absolute atomic E-state index is 0.0444. The van der Waals surface area contributed by atoms with E-state index in [1.807, 2.05) is 37.4 Å². The standard InChI is InChI=1S/C16H27N3O2S/c1-3-7-16(14-15-8-5-4-6-9-15)17-22(20,21)19-12-10-18(2)11-13-19/h4-6,8-9,16-17H,3,7,10-14H2,1-2H3. The lowest BCUT2D eigenvalue weighted by atomic mass is 10.0. The van der Waals surface area contributed by atoms with Crippen LogP contribution in [-0.2, 0) is 16.6 Å². The number of benzene rings is 1. The van der Waals surface area contributed by atoms with Crippen molar-refractivity contribution in [3.8, 4) is 0 Å². The van der Waals surface area contributed by atoms with Crippen LogP contribution in [0.15, 0.2) is 30.3 Å². The Kier molecular flexibility index (Phi) is 6.37.